The van der Waals surface area contributed by atoms with E-state index in [2.05, 4.69) is 20.7 Å². The molecule has 140 valence electrons. The van der Waals surface area contributed by atoms with Gasteiger partial charge in [0.05, 0.1) is 6.20 Å². The van der Waals surface area contributed by atoms with Crippen LogP contribution in [-0.4, -0.2) is 27.7 Å². The molecule has 0 saturated carbocycles. The Kier molecular flexibility index (Phi) is 5.73. The lowest BCUT2D eigenvalue weighted by Gasteiger charge is -2.14. The molecule has 3 rings (SSSR count). The molecule has 0 aliphatic rings. The maximum absolute atomic E-state index is 12.6. The van der Waals surface area contributed by atoms with E-state index in [0.717, 1.165) is 11.1 Å². The number of fused-ring (bicyclic) bond motifs is 1. The van der Waals surface area contributed by atoms with Crippen molar-refractivity contribution in [3.63, 3.8) is 0 Å². The van der Waals surface area contributed by atoms with Crippen LogP contribution in [0.15, 0.2) is 35.0 Å². The fourth-order valence-corrected chi connectivity index (χ4v) is 2.58. The minimum atomic E-state index is -0.480. The van der Waals surface area contributed by atoms with E-state index in [-0.39, 0.29) is 23.7 Å². The third-order valence-electron chi connectivity index (χ3n) is 3.91. The van der Waals surface area contributed by atoms with Crippen LogP contribution in [0.5, 0.6) is 0 Å². The zero-order chi connectivity index (χ0) is 18.2. The van der Waals surface area contributed by atoms with Crippen LogP contribution in [0.3, 0.4) is 0 Å². The first-order chi connectivity index (χ1) is 11.8. The van der Waals surface area contributed by atoms with Crippen molar-refractivity contribution >= 4 is 35.1 Å². The number of benzene rings is 1. The van der Waals surface area contributed by atoms with Crippen LogP contribution in [0.2, 0.25) is 0 Å². The fraction of sp³-hybridized carbons (Fsp3) is 0.389. The number of halogens is 1. The Morgan fingerprint density at radius 1 is 1.31 bits per heavy atom. The SMILES string of the molecule is CNC(C(=O)Nc1ccc2oc(C(C)(C)C)nc2c1)c1cnn(C)c1.Cl. The van der Waals surface area contributed by atoms with Gasteiger partial charge in [-0.3, -0.25) is 9.48 Å². The Morgan fingerprint density at radius 2 is 2.04 bits per heavy atom. The number of anilines is 1. The quantitative estimate of drug-likeness (QED) is 0.729. The van der Waals surface area contributed by atoms with Crippen LogP contribution in [0, 0.1) is 0 Å². The number of aryl methyl sites for hydroxylation is 1. The van der Waals surface area contributed by atoms with E-state index < -0.39 is 6.04 Å². The highest BCUT2D eigenvalue weighted by Crippen LogP contribution is 2.27. The number of hydrogen-bond donors (Lipinski definition) is 2. The highest BCUT2D eigenvalue weighted by molar-refractivity contribution is 5.96. The predicted molar refractivity (Wildman–Crippen MR) is 104 cm³/mol. The zero-order valence-corrected chi connectivity index (χ0v) is 16.3. The summed E-state index contributed by atoms with van der Waals surface area (Å²) in [4.78, 5) is 17.1. The average Bonchev–Trinajstić information content (AvgIpc) is 3.13. The predicted octanol–water partition coefficient (Wildman–Crippen LogP) is 3.18. The molecule has 1 aromatic carbocycles. The highest BCUT2D eigenvalue weighted by Gasteiger charge is 2.22. The molecule has 0 saturated heterocycles. The number of oxazole rings is 1. The van der Waals surface area contributed by atoms with E-state index >= 15 is 0 Å². The van der Waals surface area contributed by atoms with E-state index in [1.54, 1.807) is 17.9 Å². The molecular weight excluding hydrogens is 354 g/mol. The molecule has 1 atom stereocenters. The van der Waals surface area contributed by atoms with Gasteiger partial charge in [-0.1, -0.05) is 20.8 Å². The number of amides is 1. The molecule has 3 aromatic rings. The maximum Gasteiger partial charge on any atom is 0.246 e. The zero-order valence-electron chi connectivity index (χ0n) is 15.5. The number of likely N-dealkylation sites (N-methyl/N-ethyl adjacent to an activating group) is 1. The Balaban J connectivity index is 0.00000243. The number of nitrogens with zero attached hydrogens (tertiary/aromatic N) is 3. The number of rotatable bonds is 4. The van der Waals surface area contributed by atoms with Crippen LogP contribution >= 0.6 is 12.4 Å². The lowest BCUT2D eigenvalue weighted by Crippen LogP contribution is -2.30. The fourth-order valence-electron chi connectivity index (χ4n) is 2.58. The largest absolute Gasteiger partial charge is 0.440 e. The summed E-state index contributed by atoms with van der Waals surface area (Å²) >= 11 is 0. The molecule has 0 radical (unpaired) electrons. The van der Waals surface area contributed by atoms with Crippen molar-refractivity contribution in [3.05, 3.63) is 42.0 Å². The summed E-state index contributed by atoms with van der Waals surface area (Å²) < 4.78 is 7.46. The number of carbonyl (C=O) groups excluding carboxylic acids is 1. The van der Waals surface area contributed by atoms with Gasteiger partial charge in [0.25, 0.3) is 0 Å². The molecule has 26 heavy (non-hydrogen) atoms. The van der Waals surface area contributed by atoms with Crippen molar-refractivity contribution in [3.8, 4) is 0 Å². The molecule has 1 amide bonds. The van der Waals surface area contributed by atoms with E-state index in [9.17, 15) is 4.79 Å². The van der Waals surface area contributed by atoms with Gasteiger partial charge in [0.15, 0.2) is 5.58 Å². The number of nitrogens with one attached hydrogen (secondary N) is 2. The molecule has 0 aliphatic carbocycles. The standard InChI is InChI=1S/C18H23N5O2.ClH/c1-18(2,3)17-22-13-8-12(6-7-14(13)25-17)21-16(24)15(19-4)11-9-20-23(5)10-11;/h6-10,15,19H,1-5H3,(H,21,24);1H. The van der Waals surface area contributed by atoms with Gasteiger partial charge in [0.2, 0.25) is 11.8 Å². The molecule has 0 aliphatic heterocycles. The molecule has 1 unspecified atom stereocenters. The van der Waals surface area contributed by atoms with Gasteiger partial charge in [-0.05, 0) is 25.2 Å². The van der Waals surface area contributed by atoms with Gasteiger partial charge in [0, 0.05) is 29.9 Å². The summed E-state index contributed by atoms with van der Waals surface area (Å²) in [5.41, 5.74) is 2.75. The Labute approximate surface area is 158 Å². The van der Waals surface area contributed by atoms with Crippen molar-refractivity contribution in [1.29, 1.82) is 0 Å². The van der Waals surface area contributed by atoms with Crippen molar-refractivity contribution in [2.75, 3.05) is 12.4 Å². The average molecular weight is 378 g/mol. The molecule has 0 bridgehead atoms. The topological polar surface area (TPSA) is 85.0 Å². The van der Waals surface area contributed by atoms with Gasteiger partial charge < -0.3 is 15.1 Å². The van der Waals surface area contributed by atoms with E-state index in [1.807, 2.05) is 52.2 Å². The van der Waals surface area contributed by atoms with Crippen molar-refractivity contribution < 1.29 is 9.21 Å². The summed E-state index contributed by atoms with van der Waals surface area (Å²) in [6, 6.07) is 4.98. The Morgan fingerprint density at radius 3 is 2.62 bits per heavy atom. The van der Waals surface area contributed by atoms with E-state index in [1.165, 1.54) is 0 Å². The third-order valence-corrected chi connectivity index (χ3v) is 3.91. The molecule has 0 fully saturated rings. The molecule has 0 spiro atoms. The normalized spacial score (nSPS) is 12.7. The Hall–Kier alpha value is -2.38. The lowest BCUT2D eigenvalue weighted by atomic mass is 9.97. The van der Waals surface area contributed by atoms with Crippen molar-refractivity contribution in [2.24, 2.45) is 7.05 Å². The summed E-state index contributed by atoms with van der Waals surface area (Å²) in [7, 11) is 3.56. The third kappa shape index (κ3) is 4.05. The Bertz CT molecular complexity index is 910. The number of carbonyl (C=O) groups is 1. The summed E-state index contributed by atoms with van der Waals surface area (Å²) in [5, 5.41) is 10.0. The second-order valence-corrected chi connectivity index (χ2v) is 7.11. The first-order valence-electron chi connectivity index (χ1n) is 8.15. The molecule has 8 heteroatoms. The first kappa shape index (κ1) is 19.9. The molecule has 2 N–H and O–H groups in total. The van der Waals surface area contributed by atoms with Gasteiger partial charge in [-0.2, -0.15) is 5.10 Å². The van der Waals surface area contributed by atoms with Gasteiger partial charge >= 0.3 is 0 Å². The van der Waals surface area contributed by atoms with Crippen LogP contribution in [0.4, 0.5) is 5.69 Å². The molecular formula is C18H24ClN5O2. The number of hydrogen-bond acceptors (Lipinski definition) is 5. The van der Waals surface area contributed by atoms with Crippen molar-refractivity contribution in [2.45, 2.75) is 32.2 Å². The van der Waals surface area contributed by atoms with E-state index in [4.69, 9.17) is 4.42 Å². The van der Waals surface area contributed by atoms with E-state index in [0.29, 0.717) is 17.2 Å². The molecule has 7 nitrogen and oxygen atoms in total. The monoisotopic (exact) mass is 377 g/mol. The van der Waals surface area contributed by atoms with Crippen LogP contribution in [-0.2, 0) is 17.3 Å². The lowest BCUT2D eigenvalue weighted by molar-refractivity contribution is -0.118. The molecule has 2 heterocycles. The van der Waals surface area contributed by atoms with Crippen LogP contribution < -0.4 is 10.6 Å². The van der Waals surface area contributed by atoms with Crippen LogP contribution in [0.1, 0.15) is 38.3 Å². The smallest absolute Gasteiger partial charge is 0.246 e. The maximum atomic E-state index is 12.6. The van der Waals surface area contributed by atoms with Crippen molar-refractivity contribution in [1.82, 2.24) is 20.1 Å². The van der Waals surface area contributed by atoms with Gasteiger partial charge in [0.1, 0.15) is 11.6 Å². The first-order valence-corrected chi connectivity index (χ1v) is 8.15. The summed E-state index contributed by atoms with van der Waals surface area (Å²) in [6.45, 7) is 6.14. The highest BCUT2D eigenvalue weighted by atomic mass is 35.5. The minimum absolute atomic E-state index is 0. The number of aromatic nitrogens is 3. The summed E-state index contributed by atoms with van der Waals surface area (Å²) in [6.07, 6.45) is 3.49. The van der Waals surface area contributed by atoms with Gasteiger partial charge in [-0.25, -0.2) is 4.98 Å². The van der Waals surface area contributed by atoms with Gasteiger partial charge in [-0.15, -0.1) is 12.4 Å². The minimum Gasteiger partial charge on any atom is -0.440 e. The molecule has 2 aromatic heterocycles. The second kappa shape index (κ2) is 7.47. The van der Waals surface area contributed by atoms with Crippen LogP contribution in [0.25, 0.3) is 11.1 Å². The summed E-state index contributed by atoms with van der Waals surface area (Å²) in [5.74, 6) is 0.517. The second-order valence-electron chi connectivity index (χ2n) is 7.11.